The van der Waals surface area contributed by atoms with Crippen LogP contribution in [0.1, 0.15) is 51.9 Å². The van der Waals surface area contributed by atoms with E-state index in [-0.39, 0.29) is 11.6 Å². The molecular formula is C12H17NO2. The Kier molecular flexibility index (Phi) is 4.02. The lowest BCUT2D eigenvalue weighted by molar-refractivity contribution is -0.129. The van der Waals surface area contributed by atoms with Crippen molar-refractivity contribution in [2.24, 2.45) is 5.41 Å². The summed E-state index contributed by atoms with van der Waals surface area (Å²) in [6.45, 7) is 1.81. The Morgan fingerprint density at radius 3 is 2.80 bits per heavy atom. The van der Waals surface area contributed by atoms with Gasteiger partial charge in [-0.3, -0.25) is 9.59 Å². The van der Waals surface area contributed by atoms with Gasteiger partial charge in [0.05, 0.1) is 6.07 Å². The zero-order valence-corrected chi connectivity index (χ0v) is 9.21. The molecule has 0 heterocycles. The van der Waals surface area contributed by atoms with Crippen LogP contribution in [0, 0.1) is 16.7 Å². The number of ketones is 2. The van der Waals surface area contributed by atoms with Gasteiger partial charge in [-0.25, -0.2) is 0 Å². The van der Waals surface area contributed by atoms with Crippen molar-refractivity contribution >= 4 is 11.6 Å². The first kappa shape index (κ1) is 11.9. The molecule has 1 aliphatic rings. The molecule has 0 aromatic heterocycles. The molecule has 15 heavy (non-hydrogen) atoms. The standard InChI is InChI=1S/C12H17NO2/c1-2-10(14)6-8-12(9-13)7-4-3-5-11(12)15/h2-8H2,1H3. The number of nitrogens with zero attached hydrogens (tertiary/aromatic N) is 1. The summed E-state index contributed by atoms with van der Waals surface area (Å²) in [5.74, 6) is 0.183. The summed E-state index contributed by atoms with van der Waals surface area (Å²) in [6.07, 6.45) is 4.26. The normalized spacial score (nSPS) is 26.0. The maximum atomic E-state index is 11.7. The van der Waals surface area contributed by atoms with Gasteiger partial charge in [0.2, 0.25) is 0 Å². The molecule has 0 aliphatic heterocycles. The number of hydrogen-bond donors (Lipinski definition) is 0. The van der Waals surface area contributed by atoms with Gasteiger partial charge < -0.3 is 0 Å². The Hall–Kier alpha value is -1.17. The van der Waals surface area contributed by atoms with Crippen molar-refractivity contribution in [1.29, 1.82) is 5.26 Å². The Bertz CT molecular complexity index is 303. The first-order chi connectivity index (χ1) is 7.14. The van der Waals surface area contributed by atoms with Crippen LogP contribution in [0.3, 0.4) is 0 Å². The van der Waals surface area contributed by atoms with Gasteiger partial charge in [-0.05, 0) is 19.3 Å². The number of carbonyl (C=O) groups is 2. The number of nitriles is 1. The minimum atomic E-state index is -0.844. The van der Waals surface area contributed by atoms with Gasteiger partial charge in [-0.15, -0.1) is 0 Å². The number of rotatable bonds is 4. The summed E-state index contributed by atoms with van der Waals surface area (Å²) < 4.78 is 0. The molecular weight excluding hydrogens is 190 g/mol. The number of Topliss-reactive ketones (excluding diaryl/α,β-unsaturated/α-hetero) is 2. The number of carbonyl (C=O) groups excluding carboxylic acids is 2. The van der Waals surface area contributed by atoms with Gasteiger partial charge in [-0.1, -0.05) is 13.3 Å². The molecule has 0 aromatic rings. The Morgan fingerprint density at radius 1 is 1.53 bits per heavy atom. The molecule has 1 rings (SSSR count). The maximum absolute atomic E-state index is 11.7. The lowest BCUT2D eigenvalue weighted by Gasteiger charge is -2.28. The van der Waals surface area contributed by atoms with Crippen molar-refractivity contribution < 1.29 is 9.59 Å². The molecule has 0 radical (unpaired) electrons. The molecule has 3 nitrogen and oxygen atoms in total. The van der Waals surface area contributed by atoms with Gasteiger partial charge in [0.1, 0.15) is 11.2 Å². The SMILES string of the molecule is CCC(=O)CCC1(C#N)CCCCC1=O. The average molecular weight is 207 g/mol. The summed E-state index contributed by atoms with van der Waals surface area (Å²) in [5.41, 5.74) is -0.844. The van der Waals surface area contributed by atoms with E-state index in [1.165, 1.54) is 0 Å². The second kappa shape index (κ2) is 5.06. The van der Waals surface area contributed by atoms with E-state index in [2.05, 4.69) is 6.07 Å². The molecule has 1 saturated carbocycles. The van der Waals surface area contributed by atoms with Crippen LogP contribution in [-0.4, -0.2) is 11.6 Å². The van der Waals surface area contributed by atoms with Crippen molar-refractivity contribution in [2.45, 2.75) is 51.9 Å². The lowest BCUT2D eigenvalue weighted by atomic mass is 9.71. The quantitative estimate of drug-likeness (QED) is 0.711. The van der Waals surface area contributed by atoms with Crippen LogP contribution in [0.25, 0.3) is 0 Å². The predicted molar refractivity (Wildman–Crippen MR) is 56.1 cm³/mol. The van der Waals surface area contributed by atoms with Crippen LogP contribution >= 0.6 is 0 Å². The molecule has 82 valence electrons. The summed E-state index contributed by atoms with van der Waals surface area (Å²) in [6, 6.07) is 2.14. The smallest absolute Gasteiger partial charge is 0.153 e. The van der Waals surface area contributed by atoms with Crippen molar-refractivity contribution in [3.63, 3.8) is 0 Å². The summed E-state index contributed by atoms with van der Waals surface area (Å²) in [5, 5.41) is 9.12. The minimum absolute atomic E-state index is 0.0418. The summed E-state index contributed by atoms with van der Waals surface area (Å²) in [4.78, 5) is 22.9. The van der Waals surface area contributed by atoms with E-state index in [9.17, 15) is 9.59 Å². The molecule has 0 aromatic carbocycles. The van der Waals surface area contributed by atoms with Crippen LogP contribution in [0.15, 0.2) is 0 Å². The van der Waals surface area contributed by atoms with Gasteiger partial charge >= 0.3 is 0 Å². The molecule has 3 heteroatoms. The lowest BCUT2D eigenvalue weighted by Crippen LogP contribution is -2.33. The second-order valence-corrected chi connectivity index (χ2v) is 4.22. The van der Waals surface area contributed by atoms with E-state index in [1.54, 1.807) is 0 Å². The van der Waals surface area contributed by atoms with E-state index in [0.29, 0.717) is 32.1 Å². The Labute approximate surface area is 90.5 Å². The van der Waals surface area contributed by atoms with Crippen molar-refractivity contribution in [3.05, 3.63) is 0 Å². The highest BCUT2D eigenvalue weighted by Gasteiger charge is 2.39. The highest BCUT2D eigenvalue weighted by molar-refractivity contribution is 5.89. The Balaban J connectivity index is 2.64. The van der Waals surface area contributed by atoms with Gasteiger partial charge in [0.15, 0.2) is 5.78 Å². The van der Waals surface area contributed by atoms with Crippen LogP contribution in [0.2, 0.25) is 0 Å². The zero-order chi connectivity index (χ0) is 11.3. The molecule has 0 spiro atoms. The predicted octanol–water partition coefficient (Wildman–Crippen LogP) is 2.40. The highest BCUT2D eigenvalue weighted by Crippen LogP contribution is 2.36. The average Bonchev–Trinajstić information content (AvgIpc) is 2.28. The largest absolute Gasteiger partial charge is 0.300 e. The highest BCUT2D eigenvalue weighted by atomic mass is 16.1. The summed E-state index contributed by atoms with van der Waals surface area (Å²) >= 11 is 0. The van der Waals surface area contributed by atoms with Gasteiger partial charge in [0, 0.05) is 19.3 Å². The molecule has 1 atom stereocenters. The molecule has 0 saturated heterocycles. The van der Waals surface area contributed by atoms with E-state index in [0.717, 1.165) is 12.8 Å². The van der Waals surface area contributed by atoms with Gasteiger partial charge in [-0.2, -0.15) is 5.26 Å². The first-order valence-corrected chi connectivity index (χ1v) is 5.61. The fraction of sp³-hybridized carbons (Fsp3) is 0.750. The first-order valence-electron chi connectivity index (χ1n) is 5.61. The van der Waals surface area contributed by atoms with E-state index in [1.807, 2.05) is 6.92 Å². The zero-order valence-electron chi connectivity index (χ0n) is 9.21. The molecule has 1 unspecified atom stereocenters. The molecule has 1 fully saturated rings. The van der Waals surface area contributed by atoms with Gasteiger partial charge in [0.25, 0.3) is 0 Å². The van der Waals surface area contributed by atoms with Crippen molar-refractivity contribution in [2.75, 3.05) is 0 Å². The third kappa shape index (κ3) is 2.65. The van der Waals surface area contributed by atoms with Crippen LogP contribution < -0.4 is 0 Å². The molecule has 0 amide bonds. The third-order valence-corrected chi connectivity index (χ3v) is 3.23. The fourth-order valence-corrected chi connectivity index (χ4v) is 2.06. The van der Waals surface area contributed by atoms with E-state index in [4.69, 9.17) is 5.26 Å². The number of hydrogen-bond acceptors (Lipinski definition) is 3. The second-order valence-electron chi connectivity index (χ2n) is 4.22. The molecule has 0 bridgehead atoms. The molecule has 1 aliphatic carbocycles. The van der Waals surface area contributed by atoms with Crippen LogP contribution in [0.4, 0.5) is 0 Å². The Morgan fingerprint density at radius 2 is 2.27 bits per heavy atom. The molecule has 0 N–H and O–H groups in total. The van der Waals surface area contributed by atoms with E-state index < -0.39 is 5.41 Å². The summed E-state index contributed by atoms with van der Waals surface area (Å²) in [7, 11) is 0. The third-order valence-electron chi connectivity index (χ3n) is 3.23. The topological polar surface area (TPSA) is 57.9 Å². The van der Waals surface area contributed by atoms with Crippen molar-refractivity contribution in [1.82, 2.24) is 0 Å². The minimum Gasteiger partial charge on any atom is -0.300 e. The van der Waals surface area contributed by atoms with Crippen LogP contribution in [-0.2, 0) is 9.59 Å². The monoisotopic (exact) mass is 207 g/mol. The maximum Gasteiger partial charge on any atom is 0.153 e. The van der Waals surface area contributed by atoms with Crippen molar-refractivity contribution in [3.8, 4) is 6.07 Å². The fourth-order valence-electron chi connectivity index (χ4n) is 2.06. The van der Waals surface area contributed by atoms with Crippen LogP contribution in [0.5, 0.6) is 0 Å². The van der Waals surface area contributed by atoms with E-state index >= 15 is 0 Å².